The van der Waals surface area contributed by atoms with E-state index in [1.807, 2.05) is 0 Å². The first kappa shape index (κ1) is 108. The van der Waals surface area contributed by atoms with E-state index in [2.05, 4.69) is 35.1 Å². The van der Waals surface area contributed by atoms with Crippen LogP contribution in [0.15, 0.2) is 12.2 Å². The van der Waals surface area contributed by atoms with Gasteiger partial charge in [0.15, 0.2) is 18.9 Å². The normalized spacial score (nSPS) is 32.3. The van der Waals surface area contributed by atoms with Gasteiger partial charge < -0.3 is 161 Å². The molecule has 5 fully saturated rings. The number of amides is 4. The van der Waals surface area contributed by atoms with E-state index in [4.69, 9.17) is 47.4 Å². The zero-order valence-electron chi connectivity index (χ0n) is 72.0. The van der Waals surface area contributed by atoms with Gasteiger partial charge in [0.1, 0.15) is 110 Å². The molecule has 710 valence electrons. The van der Waals surface area contributed by atoms with Crippen LogP contribution in [-0.4, -0.2) is 344 Å². The van der Waals surface area contributed by atoms with Gasteiger partial charge in [-0.2, -0.15) is 0 Å². The van der Waals surface area contributed by atoms with Crippen LogP contribution in [0.5, 0.6) is 0 Å². The van der Waals surface area contributed by atoms with Crippen LogP contribution in [0.4, 0.5) is 0 Å². The van der Waals surface area contributed by atoms with Crippen molar-refractivity contribution in [2.24, 2.45) is 0 Å². The maximum Gasteiger partial charge on any atom is 0.364 e. The average Bonchev–Trinajstić information content (AvgIpc) is 0.741. The summed E-state index contributed by atoms with van der Waals surface area (Å²) in [7, 11) is 0. The van der Waals surface area contributed by atoms with Gasteiger partial charge in [-0.05, 0) is 19.3 Å². The van der Waals surface area contributed by atoms with Gasteiger partial charge in [-0.3, -0.25) is 19.2 Å². The highest BCUT2D eigenvalue weighted by Gasteiger charge is 2.64. The van der Waals surface area contributed by atoms with Gasteiger partial charge in [0, 0.05) is 40.0 Å². The van der Waals surface area contributed by atoms with E-state index in [0.717, 1.165) is 85.0 Å². The number of ether oxygens (including phenoxy) is 10. The minimum Gasteiger partial charge on any atom is -0.477 e. The molecule has 38 heteroatoms. The van der Waals surface area contributed by atoms with Crippen LogP contribution in [-0.2, 0) is 76.1 Å². The second-order valence-corrected chi connectivity index (χ2v) is 33.6. The fraction of sp³-hybridized carbons (Fsp3) is 0.905. The second kappa shape index (κ2) is 57.4. The number of allylic oxidation sites excluding steroid dienone is 1. The molecular formula is C84H150N4O34. The second-order valence-electron chi connectivity index (χ2n) is 33.6. The molecule has 5 heterocycles. The van der Waals surface area contributed by atoms with Crippen molar-refractivity contribution in [3.8, 4) is 0 Å². The molecule has 22 N–H and O–H groups in total. The van der Waals surface area contributed by atoms with Crippen LogP contribution in [0.3, 0.4) is 0 Å². The van der Waals surface area contributed by atoms with Crippen molar-refractivity contribution < 1.29 is 168 Å². The number of carbonyl (C=O) groups is 6. The Morgan fingerprint density at radius 1 is 0.443 bits per heavy atom. The molecule has 5 rings (SSSR count). The third-order valence-corrected chi connectivity index (χ3v) is 23.5. The summed E-state index contributed by atoms with van der Waals surface area (Å²) in [5.41, 5.74) is 0. The predicted molar refractivity (Wildman–Crippen MR) is 435 cm³/mol. The molecule has 0 unspecified atom stereocenters. The number of hydrogen-bond donors (Lipinski definition) is 22. The lowest BCUT2D eigenvalue weighted by Gasteiger charge is -2.52. The number of carboxylic acid groups (broad SMARTS) is 2. The fourth-order valence-electron chi connectivity index (χ4n) is 16.5. The highest BCUT2D eigenvalue weighted by atomic mass is 16.8. The molecular weight excluding hydrogens is 1610 g/mol. The standard InChI is InChI=1S/C84H150N4O34/c1-6-8-10-12-14-16-18-20-21-22-23-24-25-26-27-29-31-33-35-37-39-41-62(101)88-53(54(97)40-38-36-34-32-30-28-19-17-15-13-11-9-7-2)49-113-79-71(107)70(106)73(60(47-92)115-79)117-80-72(108)77(74(61(48-93)116-80)118-78-65(87-52(5)96)69(105)67(103)58(45-90)114-78)122-84(82(111)112)43-56(99)64(86-51(4)95)76(121-84)68(104)59(46-91)119-83(81(109)110)42-55(98)63(85-50(3)94)75(120-83)66(102)57(100)44-89/h38,40,53-61,63-80,89-93,97-100,102-108H,6-37,39,41-49H2,1-5H3,(H,85,94)(H,86,95)(H,87,96)(H,88,101)(H,109,110)(H,111,112)/b40-38+/t53-,54+,55-,56-,57+,58+,59+,60+,61+,63+,64+,65+,66+,67-,68+,69+,70+,71+,72+,73+,74-,75+,76+,77+,78-,79+,80-,83+,84-/m0/s1. The number of hydrogen-bond acceptors (Lipinski definition) is 32. The summed E-state index contributed by atoms with van der Waals surface area (Å²) >= 11 is 0. The number of carboxylic acids is 2. The third kappa shape index (κ3) is 34.2. The molecule has 0 bridgehead atoms. The van der Waals surface area contributed by atoms with Crippen LogP contribution in [0.2, 0.25) is 0 Å². The topological polar surface area (TPSA) is 607 Å². The van der Waals surface area contributed by atoms with Crippen molar-refractivity contribution in [3.63, 3.8) is 0 Å². The monoisotopic (exact) mass is 1760 g/mol. The van der Waals surface area contributed by atoms with Gasteiger partial charge >= 0.3 is 11.9 Å². The highest BCUT2D eigenvalue weighted by Crippen LogP contribution is 2.43. The molecule has 0 saturated carbocycles. The minimum atomic E-state index is -3.59. The van der Waals surface area contributed by atoms with Crippen molar-refractivity contribution in [2.75, 3.05) is 39.6 Å². The average molecular weight is 1760 g/mol. The SMILES string of the molecule is CCCCCCCCCCCCC/C=C/[C@@H](O)[C@H](CO[C@@H]1O[C@H](CO)[C@@H](O[C@@H]2O[C@H](CO)[C@H](O[C@@H]3O[C@H](CO)[C@H](O)[C@H](O)[C@H]3NC(C)=O)[C@H](O[C@]3(C(=O)O)C[C@H](O)[C@@H](NC(C)=O)[C@H]([C@H](O)[C@@H](CO)O[C@]4(C(=O)O)C[C@H](O)[C@@H](NC(C)=O)[C@H]([C@H](O)[C@H](O)CO)O4)O3)[C@H]2O)[C@H](O)[C@H]1O)NC(=O)CCCCCCCCCCCCCCCCCCCCCCC. The van der Waals surface area contributed by atoms with E-state index >= 15 is 0 Å². The highest BCUT2D eigenvalue weighted by molar-refractivity contribution is 5.78. The van der Waals surface area contributed by atoms with E-state index in [1.165, 1.54) is 141 Å². The predicted octanol–water partition coefficient (Wildman–Crippen LogP) is 0.648. The van der Waals surface area contributed by atoms with E-state index < -0.39 is 265 Å². The van der Waals surface area contributed by atoms with Gasteiger partial charge in [-0.15, -0.1) is 0 Å². The van der Waals surface area contributed by atoms with Crippen LogP contribution in [0.25, 0.3) is 0 Å². The van der Waals surface area contributed by atoms with Crippen molar-refractivity contribution in [1.82, 2.24) is 21.3 Å². The minimum absolute atomic E-state index is 0.113. The van der Waals surface area contributed by atoms with Gasteiger partial charge in [-0.25, -0.2) is 9.59 Å². The number of unbranched alkanes of at least 4 members (excludes halogenated alkanes) is 31. The Balaban J connectivity index is 1.39. The maximum atomic E-state index is 14.2. The molecule has 29 atom stereocenters. The Hall–Kier alpha value is -4.48. The number of aliphatic carboxylic acids is 2. The van der Waals surface area contributed by atoms with Crippen LogP contribution in [0.1, 0.15) is 266 Å². The summed E-state index contributed by atoms with van der Waals surface area (Å²) < 4.78 is 60.0. The van der Waals surface area contributed by atoms with E-state index in [-0.39, 0.29) is 6.42 Å². The zero-order chi connectivity index (χ0) is 90.1. The van der Waals surface area contributed by atoms with Crippen LogP contribution >= 0.6 is 0 Å². The Morgan fingerprint density at radius 3 is 1.30 bits per heavy atom. The molecule has 0 aromatic rings. The Bertz CT molecular complexity index is 2970. The van der Waals surface area contributed by atoms with Crippen LogP contribution < -0.4 is 21.3 Å². The first-order valence-electron chi connectivity index (χ1n) is 44.7. The fourth-order valence-corrected chi connectivity index (χ4v) is 16.5. The molecule has 0 aromatic heterocycles. The zero-order valence-corrected chi connectivity index (χ0v) is 72.0. The Labute approximate surface area is 716 Å². The molecule has 0 aromatic carbocycles. The van der Waals surface area contributed by atoms with E-state index in [0.29, 0.717) is 12.8 Å². The number of aliphatic hydroxyl groups excluding tert-OH is 16. The molecule has 38 nitrogen and oxygen atoms in total. The van der Waals surface area contributed by atoms with Gasteiger partial charge in [0.2, 0.25) is 23.6 Å². The van der Waals surface area contributed by atoms with E-state index in [9.17, 15) is 121 Å². The smallest absolute Gasteiger partial charge is 0.364 e. The van der Waals surface area contributed by atoms with Gasteiger partial charge in [0.25, 0.3) is 11.6 Å². The quantitative estimate of drug-likeness (QED) is 0.0294. The van der Waals surface area contributed by atoms with Crippen molar-refractivity contribution >= 4 is 35.6 Å². The summed E-state index contributed by atoms with van der Waals surface area (Å²) in [5.74, 6) is -14.6. The van der Waals surface area contributed by atoms with E-state index in [1.54, 1.807) is 6.08 Å². The number of rotatable bonds is 62. The number of nitrogens with one attached hydrogen (secondary N) is 4. The number of aliphatic hydroxyl groups is 16. The van der Waals surface area contributed by atoms with Gasteiger partial charge in [0.05, 0.1) is 76.1 Å². The van der Waals surface area contributed by atoms with Crippen LogP contribution in [0, 0.1) is 0 Å². The molecule has 4 amide bonds. The Kier molecular flexibility index (Phi) is 50.9. The maximum absolute atomic E-state index is 14.2. The molecule has 5 aliphatic rings. The summed E-state index contributed by atoms with van der Waals surface area (Å²) in [5, 5.41) is 213. The summed E-state index contributed by atoms with van der Waals surface area (Å²) in [6.07, 6.45) is -11.1. The largest absolute Gasteiger partial charge is 0.477 e. The van der Waals surface area contributed by atoms with Crippen molar-refractivity contribution in [1.29, 1.82) is 0 Å². The third-order valence-electron chi connectivity index (χ3n) is 23.5. The molecule has 5 saturated heterocycles. The lowest BCUT2D eigenvalue weighted by molar-refractivity contribution is -0.402. The molecule has 0 aliphatic carbocycles. The lowest BCUT2D eigenvalue weighted by atomic mass is 9.87. The first-order chi connectivity index (χ1) is 58.3. The number of carbonyl (C=O) groups excluding carboxylic acids is 4. The summed E-state index contributed by atoms with van der Waals surface area (Å²) in [4.78, 5) is 79.2. The summed E-state index contributed by atoms with van der Waals surface area (Å²) in [6.45, 7) is 0.559. The Morgan fingerprint density at radius 2 is 0.852 bits per heavy atom. The molecule has 122 heavy (non-hydrogen) atoms. The van der Waals surface area contributed by atoms with Gasteiger partial charge in [-0.1, -0.05) is 219 Å². The summed E-state index contributed by atoms with van der Waals surface area (Å²) in [6, 6.07) is -6.82. The lowest BCUT2D eigenvalue weighted by Crippen LogP contribution is -2.72. The van der Waals surface area contributed by atoms with Crippen molar-refractivity contribution in [2.45, 2.75) is 442 Å². The van der Waals surface area contributed by atoms with Crippen molar-refractivity contribution in [3.05, 3.63) is 12.2 Å². The molecule has 0 radical (unpaired) electrons. The molecule has 5 aliphatic heterocycles. The first-order valence-corrected chi connectivity index (χ1v) is 44.7. The molecule has 0 spiro atoms.